The quantitative estimate of drug-likeness (QED) is 0.176. The fraction of sp³-hybridized carbons (Fsp3) is 0.512. The van der Waals surface area contributed by atoms with Gasteiger partial charge < -0.3 is 10.0 Å². The van der Waals surface area contributed by atoms with Gasteiger partial charge in [-0.15, -0.1) is 5.10 Å². The minimum Gasteiger partial charge on any atom is -0.395 e. The number of piperazine rings is 1. The van der Waals surface area contributed by atoms with E-state index in [0.29, 0.717) is 0 Å². The van der Waals surface area contributed by atoms with Crippen molar-refractivity contribution in [2.45, 2.75) is 64.8 Å². The monoisotopic (exact) mass is 670 g/mol. The van der Waals surface area contributed by atoms with Crippen LogP contribution in [0.5, 0.6) is 0 Å². The van der Waals surface area contributed by atoms with Crippen LogP contribution in [0.4, 0.5) is 5.82 Å². The molecular weight excluding hydrogens is 621 g/mol. The van der Waals surface area contributed by atoms with Crippen LogP contribution >= 0.6 is 0 Å². The molecule has 10 rings (SSSR count). The molecule has 1 saturated heterocycles. The lowest BCUT2D eigenvalue weighted by atomic mass is 9.51. The second-order valence-electron chi connectivity index (χ2n) is 15.7. The molecule has 1 N–H and O–H groups in total. The highest BCUT2D eigenvalue weighted by molar-refractivity contribution is 5.83. The van der Waals surface area contributed by atoms with Gasteiger partial charge in [-0.2, -0.15) is 9.61 Å². The minimum atomic E-state index is 0.193. The van der Waals surface area contributed by atoms with Gasteiger partial charge >= 0.3 is 0 Å². The molecule has 5 fully saturated rings. The van der Waals surface area contributed by atoms with Gasteiger partial charge in [-0.3, -0.25) is 9.58 Å². The van der Waals surface area contributed by atoms with E-state index in [1.165, 1.54) is 44.1 Å². The molecule has 4 aliphatic carbocycles. The van der Waals surface area contributed by atoms with Crippen molar-refractivity contribution in [3.05, 3.63) is 83.8 Å². The summed E-state index contributed by atoms with van der Waals surface area (Å²) in [6.07, 6.45) is 12.7. The first-order chi connectivity index (χ1) is 24.6. The molecule has 0 amide bonds. The Morgan fingerprint density at radius 3 is 2.32 bits per heavy atom. The van der Waals surface area contributed by atoms with E-state index >= 15 is 0 Å². The lowest BCUT2D eigenvalue weighted by Gasteiger charge is -2.54. The largest absolute Gasteiger partial charge is 0.395 e. The molecule has 0 radical (unpaired) electrons. The average Bonchev–Trinajstić information content (AvgIpc) is 3.74. The number of hydrogen-bond donors (Lipinski definition) is 1. The van der Waals surface area contributed by atoms with Crippen molar-refractivity contribution in [2.75, 3.05) is 44.2 Å². The fourth-order valence-electron chi connectivity index (χ4n) is 10.3. The summed E-state index contributed by atoms with van der Waals surface area (Å²) in [6, 6.07) is 21.6. The van der Waals surface area contributed by atoms with Crippen LogP contribution in [0.2, 0.25) is 0 Å². The molecule has 2 aromatic carbocycles. The molecule has 0 unspecified atom stereocenters. The van der Waals surface area contributed by atoms with Crippen molar-refractivity contribution in [1.29, 1.82) is 0 Å². The van der Waals surface area contributed by atoms with E-state index in [1.54, 1.807) is 0 Å². The predicted molar refractivity (Wildman–Crippen MR) is 197 cm³/mol. The van der Waals surface area contributed by atoms with Crippen LogP contribution in [0.25, 0.3) is 28.0 Å². The van der Waals surface area contributed by atoms with Crippen molar-refractivity contribution in [3.8, 4) is 22.4 Å². The molecule has 260 valence electrons. The molecule has 1 aliphatic heterocycles. The maximum Gasteiger partial charge on any atom is 0.166 e. The van der Waals surface area contributed by atoms with Gasteiger partial charge in [-0.25, -0.2) is 4.98 Å². The van der Waals surface area contributed by atoms with Crippen LogP contribution in [0.15, 0.2) is 66.9 Å². The van der Waals surface area contributed by atoms with Gasteiger partial charge in [0, 0.05) is 62.7 Å². The normalized spacial score (nSPS) is 24.8. The molecule has 4 bridgehead atoms. The summed E-state index contributed by atoms with van der Waals surface area (Å²) in [5, 5.41) is 23.7. The molecule has 4 heterocycles. The number of nitrogens with zero attached hydrogens (tertiary/aromatic N) is 8. The Labute approximate surface area is 295 Å². The highest BCUT2D eigenvalue weighted by atomic mass is 16.3. The van der Waals surface area contributed by atoms with E-state index in [2.05, 4.69) is 98.6 Å². The molecule has 9 nitrogen and oxygen atoms in total. The number of aryl methyl sites for hydroxylation is 4. The van der Waals surface area contributed by atoms with Crippen molar-refractivity contribution < 1.29 is 5.11 Å². The van der Waals surface area contributed by atoms with Crippen LogP contribution < -0.4 is 4.90 Å². The first kappa shape index (κ1) is 31.9. The van der Waals surface area contributed by atoms with Crippen LogP contribution in [-0.2, 0) is 19.4 Å². The fourth-order valence-corrected chi connectivity index (χ4v) is 10.3. The highest BCUT2D eigenvalue weighted by Crippen LogP contribution is 2.57. The Kier molecular flexibility index (Phi) is 8.65. The van der Waals surface area contributed by atoms with E-state index in [0.717, 1.165) is 127 Å². The maximum atomic E-state index is 9.49. The predicted octanol–water partition coefficient (Wildman–Crippen LogP) is 6.33. The number of benzene rings is 2. The standard InChI is InChI=1S/C41H50N8O/c1-28-40(32-7-3-2-4-8-32)41-42-38(26-39(49(41)44-28)47-16-14-46(15-17-47)18-19-50)33-9-5-6-29(21-33)10-11-36-27-48(45-43-36)13-12-37-34-22-30-20-31(24-34)25-35(37)23-30/h2-9,21,26-27,30-31,34-35,37,50H,10-20,22-25H2,1H3. The molecule has 3 aromatic heterocycles. The van der Waals surface area contributed by atoms with Gasteiger partial charge in [-0.1, -0.05) is 53.7 Å². The first-order valence-electron chi connectivity index (χ1n) is 19.1. The number of fused-ring (bicyclic) bond motifs is 1. The zero-order valence-electron chi connectivity index (χ0n) is 29.4. The molecule has 50 heavy (non-hydrogen) atoms. The molecular formula is C41H50N8O. The number of rotatable bonds is 11. The number of aromatic nitrogens is 6. The van der Waals surface area contributed by atoms with Crippen molar-refractivity contribution in [3.63, 3.8) is 0 Å². The van der Waals surface area contributed by atoms with Crippen LogP contribution in [-0.4, -0.2) is 78.9 Å². The smallest absolute Gasteiger partial charge is 0.166 e. The lowest BCUT2D eigenvalue weighted by Crippen LogP contribution is -2.47. The van der Waals surface area contributed by atoms with Crippen molar-refractivity contribution >= 4 is 11.5 Å². The maximum absolute atomic E-state index is 9.49. The molecule has 4 saturated carbocycles. The topological polar surface area (TPSA) is 87.6 Å². The Balaban J connectivity index is 0.934. The molecule has 9 heteroatoms. The highest BCUT2D eigenvalue weighted by Gasteiger charge is 2.47. The van der Waals surface area contributed by atoms with Crippen LogP contribution in [0.3, 0.4) is 0 Å². The molecule has 5 aromatic rings. The summed E-state index contributed by atoms with van der Waals surface area (Å²) in [6.45, 7) is 7.57. The third-order valence-electron chi connectivity index (χ3n) is 12.5. The Bertz CT molecular complexity index is 1910. The third kappa shape index (κ3) is 6.23. The van der Waals surface area contributed by atoms with E-state index in [-0.39, 0.29) is 6.61 Å². The van der Waals surface area contributed by atoms with Gasteiger partial charge in [0.1, 0.15) is 5.82 Å². The summed E-state index contributed by atoms with van der Waals surface area (Å²) in [5.41, 5.74) is 8.49. The van der Waals surface area contributed by atoms with Gasteiger partial charge in [0.2, 0.25) is 0 Å². The lowest BCUT2D eigenvalue weighted by molar-refractivity contribution is -0.0414. The zero-order chi connectivity index (χ0) is 33.6. The number of aliphatic hydroxyl groups is 1. The van der Waals surface area contributed by atoms with Crippen molar-refractivity contribution in [2.24, 2.45) is 29.6 Å². The minimum absolute atomic E-state index is 0.193. The summed E-state index contributed by atoms with van der Waals surface area (Å²) in [5.74, 6) is 5.97. The number of anilines is 1. The average molecular weight is 671 g/mol. The third-order valence-corrected chi connectivity index (χ3v) is 12.5. The molecule has 0 atom stereocenters. The summed E-state index contributed by atoms with van der Waals surface area (Å²) in [4.78, 5) is 10.0. The number of aliphatic hydroxyl groups excluding tert-OH is 1. The van der Waals surface area contributed by atoms with Crippen LogP contribution in [0.1, 0.15) is 55.5 Å². The van der Waals surface area contributed by atoms with E-state index in [4.69, 9.17) is 10.1 Å². The van der Waals surface area contributed by atoms with E-state index < -0.39 is 0 Å². The molecule has 5 aliphatic rings. The van der Waals surface area contributed by atoms with Gasteiger partial charge in [0.15, 0.2) is 5.65 Å². The summed E-state index contributed by atoms with van der Waals surface area (Å²) < 4.78 is 4.15. The summed E-state index contributed by atoms with van der Waals surface area (Å²) in [7, 11) is 0. The van der Waals surface area contributed by atoms with E-state index in [9.17, 15) is 5.11 Å². The first-order valence-corrected chi connectivity index (χ1v) is 19.1. The Morgan fingerprint density at radius 2 is 1.56 bits per heavy atom. The van der Waals surface area contributed by atoms with Gasteiger partial charge in [0.05, 0.1) is 23.7 Å². The van der Waals surface area contributed by atoms with Crippen molar-refractivity contribution in [1.82, 2.24) is 34.5 Å². The zero-order valence-corrected chi connectivity index (χ0v) is 29.4. The summed E-state index contributed by atoms with van der Waals surface area (Å²) >= 11 is 0. The Morgan fingerprint density at radius 1 is 0.800 bits per heavy atom. The molecule has 0 spiro atoms. The van der Waals surface area contributed by atoms with Gasteiger partial charge in [-0.05, 0) is 105 Å². The number of hydrogen-bond acceptors (Lipinski definition) is 7. The second-order valence-corrected chi connectivity index (χ2v) is 15.7. The van der Waals surface area contributed by atoms with Crippen LogP contribution in [0, 0.1) is 36.5 Å². The van der Waals surface area contributed by atoms with Gasteiger partial charge in [0.25, 0.3) is 0 Å². The number of β-amino-alcohol motifs (C(OH)–C–C–N with tert-alkyl or cyclic N) is 1. The van der Waals surface area contributed by atoms with E-state index in [1.807, 2.05) is 4.52 Å². The second kappa shape index (κ2) is 13.6. The Hall–Kier alpha value is -4.08. The SMILES string of the molecule is Cc1nn2c(N3CCN(CCO)CC3)cc(-c3cccc(CCc4cn(CCC5C6CC7CC(C6)CC5C7)nn4)c3)nc2c1-c1ccccc1.